The van der Waals surface area contributed by atoms with Gasteiger partial charge in [0.2, 0.25) is 5.91 Å². The number of aromatic nitrogens is 1. The van der Waals surface area contributed by atoms with Crippen LogP contribution in [0.2, 0.25) is 0 Å². The molecule has 2 aliphatic rings. The molecule has 1 aliphatic heterocycles. The van der Waals surface area contributed by atoms with Gasteiger partial charge in [0.25, 0.3) is 0 Å². The lowest BCUT2D eigenvalue weighted by molar-refractivity contribution is -0.118. The summed E-state index contributed by atoms with van der Waals surface area (Å²) >= 11 is 1.58. The number of carbonyl (C=O) groups is 1. The lowest BCUT2D eigenvalue weighted by Gasteiger charge is -2.26. The highest BCUT2D eigenvalue weighted by atomic mass is 32.1. The molecular weight excluding hydrogens is 334 g/mol. The van der Waals surface area contributed by atoms with Crippen LogP contribution in [-0.4, -0.2) is 31.1 Å². The van der Waals surface area contributed by atoms with Gasteiger partial charge in [0.1, 0.15) is 10.8 Å². The van der Waals surface area contributed by atoms with Crippen LogP contribution in [0.15, 0.2) is 30.5 Å². The zero-order chi connectivity index (χ0) is 17.3. The molecule has 1 aromatic heterocycles. The fourth-order valence-corrected chi connectivity index (χ4v) is 4.35. The molecule has 5 nitrogen and oxygen atoms in total. The maximum atomic E-state index is 12.8. The Bertz CT molecular complexity index is 746. The fraction of sp³-hybridized carbons (Fsp3) is 0.474. The minimum Gasteiger partial charge on any atom is -0.497 e. The number of benzene rings is 1. The van der Waals surface area contributed by atoms with Gasteiger partial charge in [-0.15, -0.1) is 0 Å². The van der Waals surface area contributed by atoms with Crippen LogP contribution < -0.4 is 15.0 Å². The Morgan fingerprint density at radius 3 is 2.56 bits per heavy atom. The Morgan fingerprint density at radius 1 is 1.20 bits per heavy atom. The van der Waals surface area contributed by atoms with Gasteiger partial charge in [-0.1, -0.05) is 23.5 Å². The Morgan fingerprint density at radius 2 is 1.92 bits per heavy atom. The summed E-state index contributed by atoms with van der Waals surface area (Å²) in [7, 11) is 1.65. The summed E-state index contributed by atoms with van der Waals surface area (Å²) in [6, 6.07) is 7.82. The van der Waals surface area contributed by atoms with E-state index >= 15 is 0 Å². The minimum atomic E-state index is -0.400. The number of nitrogens with one attached hydrogen (secondary N) is 1. The number of amides is 1. The normalized spacial score (nSPS) is 18.7. The summed E-state index contributed by atoms with van der Waals surface area (Å²) in [5, 5.41) is 4.90. The number of hydrogen-bond donors (Lipinski definition) is 1. The van der Waals surface area contributed by atoms with Crippen LogP contribution in [0.25, 0.3) is 0 Å². The van der Waals surface area contributed by atoms with Gasteiger partial charge in [0.05, 0.1) is 18.7 Å². The molecule has 1 saturated carbocycles. The summed E-state index contributed by atoms with van der Waals surface area (Å²) in [4.78, 5) is 19.6. The highest BCUT2D eigenvalue weighted by Crippen LogP contribution is 2.49. The molecule has 6 heteroatoms. The first-order valence-electron chi connectivity index (χ1n) is 8.88. The second kappa shape index (κ2) is 6.67. The van der Waals surface area contributed by atoms with Crippen LogP contribution in [0.4, 0.5) is 10.1 Å². The average molecular weight is 357 g/mol. The third kappa shape index (κ3) is 3.23. The summed E-state index contributed by atoms with van der Waals surface area (Å²) in [6.07, 6.45) is 7.44. The minimum absolute atomic E-state index is 0.0530. The van der Waals surface area contributed by atoms with E-state index in [1.165, 1.54) is 19.3 Å². The number of thiazole rings is 1. The molecule has 132 valence electrons. The highest BCUT2D eigenvalue weighted by molar-refractivity contribution is 7.19. The van der Waals surface area contributed by atoms with Gasteiger partial charge in [-0.3, -0.25) is 4.79 Å². The van der Waals surface area contributed by atoms with E-state index < -0.39 is 5.41 Å². The van der Waals surface area contributed by atoms with E-state index in [2.05, 4.69) is 15.2 Å². The summed E-state index contributed by atoms with van der Waals surface area (Å²) in [6.45, 7) is 2.18. The van der Waals surface area contributed by atoms with Gasteiger partial charge in [-0.25, -0.2) is 4.98 Å². The fourth-order valence-electron chi connectivity index (χ4n) is 3.48. The van der Waals surface area contributed by atoms with Gasteiger partial charge in [-0.05, 0) is 49.8 Å². The standard InChI is InChI=1S/C19H23N3O2S/c1-24-15-7-5-14(6-8-15)19(9-10-19)17(23)21-18-20-13-16(25-18)22-11-3-2-4-12-22/h5-8,13H,2-4,9-12H2,1H3,(H,20,21,23). The predicted molar refractivity (Wildman–Crippen MR) is 101 cm³/mol. The molecule has 0 unspecified atom stereocenters. The molecule has 25 heavy (non-hydrogen) atoms. The number of anilines is 2. The number of methoxy groups -OCH3 is 1. The summed E-state index contributed by atoms with van der Waals surface area (Å²) < 4.78 is 5.21. The molecule has 4 rings (SSSR count). The molecule has 1 aliphatic carbocycles. The van der Waals surface area contributed by atoms with Gasteiger partial charge in [-0.2, -0.15) is 0 Å². The SMILES string of the molecule is COc1ccc(C2(C(=O)Nc3ncc(N4CCCCC4)s3)CC2)cc1. The molecular formula is C19H23N3O2S. The molecule has 2 aromatic rings. The monoisotopic (exact) mass is 357 g/mol. The van der Waals surface area contributed by atoms with Crippen LogP contribution >= 0.6 is 11.3 Å². The van der Waals surface area contributed by atoms with E-state index in [4.69, 9.17) is 4.74 Å². The van der Waals surface area contributed by atoms with Crippen LogP contribution in [0.3, 0.4) is 0 Å². The van der Waals surface area contributed by atoms with Gasteiger partial charge in [0, 0.05) is 13.1 Å². The number of hydrogen-bond acceptors (Lipinski definition) is 5. The number of ether oxygens (including phenoxy) is 1. The highest BCUT2D eigenvalue weighted by Gasteiger charge is 2.51. The first-order valence-corrected chi connectivity index (χ1v) is 9.70. The van der Waals surface area contributed by atoms with Crippen LogP contribution in [0.5, 0.6) is 5.75 Å². The first kappa shape index (κ1) is 16.4. The summed E-state index contributed by atoms with van der Waals surface area (Å²) in [5.74, 6) is 0.864. The van der Waals surface area contributed by atoms with Gasteiger partial charge >= 0.3 is 0 Å². The van der Waals surface area contributed by atoms with Gasteiger partial charge in [0.15, 0.2) is 5.13 Å². The number of nitrogens with zero attached hydrogens (tertiary/aromatic N) is 2. The molecule has 1 amide bonds. The Hall–Kier alpha value is -2.08. The maximum Gasteiger partial charge on any atom is 0.236 e. The van der Waals surface area contributed by atoms with Crippen molar-refractivity contribution >= 4 is 27.4 Å². The second-order valence-corrected chi connectivity index (χ2v) is 7.83. The van der Waals surface area contributed by atoms with E-state index in [9.17, 15) is 4.79 Å². The lowest BCUT2D eigenvalue weighted by atomic mass is 9.95. The largest absolute Gasteiger partial charge is 0.497 e. The van der Waals surface area contributed by atoms with Crippen molar-refractivity contribution in [3.8, 4) is 5.75 Å². The van der Waals surface area contributed by atoms with Crippen molar-refractivity contribution in [3.63, 3.8) is 0 Å². The molecule has 0 spiro atoms. The lowest BCUT2D eigenvalue weighted by Crippen LogP contribution is -2.28. The van der Waals surface area contributed by atoms with Crippen molar-refractivity contribution in [2.45, 2.75) is 37.5 Å². The van der Waals surface area contributed by atoms with Crippen molar-refractivity contribution in [1.82, 2.24) is 4.98 Å². The zero-order valence-electron chi connectivity index (χ0n) is 14.5. The molecule has 1 N–H and O–H groups in total. The Kier molecular flexibility index (Phi) is 4.37. The number of rotatable bonds is 5. The number of piperidine rings is 1. The van der Waals surface area contributed by atoms with E-state index in [1.807, 2.05) is 30.5 Å². The molecule has 0 bridgehead atoms. The molecule has 0 radical (unpaired) electrons. The van der Waals surface area contributed by atoms with E-state index in [1.54, 1.807) is 18.4 Å². The Balaban J connectivity index is 1.45. The van der Waals surface area contributed by atoms with Crippen molar-refractivity contribution in [2.75, 3.05) is 30.4 Å². The van der Waals surface area contributed by atoms with Crippen molar-refractivity contribution < 1.29 is 9.53 Å². The second-order valence-electron chi connectivity index (χ2n) is 6.82. The maximum absolute atomic E-state index is 12.8. The van der Waals surface area contributed by atoms with E-state index in [0.29, 0.717) is 5.13 Å². The zero-order valence-corrected chi connectivity index (χ0v) is 15.3. The third-order valence-corrected chi connectivity index (χ3v) is 6.18. The molecule has 1 saturated heterocycles. The average Bonchev–Trinajstić information content (AvgIpc) is 3.36. The predicted octanol–water partition coefficient (Wildman–Crippen LogP) is 3.81. The topological polar surface area (TPSA) is 54.5 Å². The van der Waals surface area contributed by atoms with Crippen molar-refractivity contribution in [1.29, 1.82) is 0 Å². The summed E-state index contributed by atoms with van der Waals surface area (Å²) in [5.41, 5.74) is 0.655. The van der Waals surface area contributed by atoms with Crippen LogP contribution in [0, 0.1) is 0 Å². The quantitative estimate of drug-likeness (QED) is 0.884. The number of carbonyl (C=O) groups excluding carboxylic acids is 1. The molecule has 0 atom stereocenters. The molecule has 1 aromatic carbocycles. The smallest absolute Gasteiger partial charge is 0.236 e. The van der Waals surface area contributed by atoms with Crippen molar-refractivity contribution in [2.24, 2.45) is 0 Å². The van der Waals surface area contributed by atoms with E-state index in [-0.39, 0.29) is 5.91 Å². The first-order chi connectivity index (χ1) is 12.2. The van der Waals surface area contributed by atoms with E-state index in [0.717, 1.165) is 42.2 Å². The molecule has 2 heterocycles. The Labute approximate surface area is 152 Å². The van der Waals surface area contributed by atoms with Crippen molar-refractivity contribution in [3.05, 3.63) is 36.0 Å². The molecule has 2 fully saturated rings. The van der Waals surface area contributed by atoms with Gasteiger partial charge < -0.3 is 15.0 Å². The third-order valence-electron chi connectivity index (χ3n) is 5.21. The van der Waals surface area contributed by atoms with Crippen LogP contribution in [-0.2, 0) is 10.2 Å². The van der Waals surface area contributed by atoms with Crippen LogP contribution in [0.1, 0.15) is 37.7 Å².